The van der Waals surface area contributed by atoms with Crippen molar-refractivity contribution in [2.75, 3.05) is 18.0 Å². The van der Waals surface area contributed by atoms with Crippen molar-refractivity contribution in [2.45, 2.75) is 51.3 Å². The minimum absolute atomic E-state index is 0.175. The molecular formula is C23H26Cl2N4O2. The van der Waals surface area contributed by atoms with E-state index < -0.39 is 0 Å². The highest BCUT2D eigenvalue weighted by Crippen LogP contribution is 2.47. The van der Waals surface area contributed by atoms with Crippen LogP contribution in [-0.4, -0.2) is 35.1 Å². The Morgan fingerprint density at radius 2 is 2.03 bits per heavy atom. The van der Waals surface area contributed by atoms with Gasteiger partial charge in [-0.3, -0.25) is 4.79 Å². The number of pyridine rings is 1. The number of hydrogen-bond acceptors (Lipinski definition) is 5. The van der Waals surface area contributed by atoms with Crippen LogP contribution in [0.5, 0.6) is 0 Å². The van der Waals surface area contributed by atoms with Crippen molar-refractivity contribution in [1.29, 1.82) is 0 Å². The van der Waals surface area contributed by atoms with Crippen LogP contribution < -0.4 is 16.0 Å². The molecule has 1 saturated heterocycles. The number of anilines is 1. The zero-order chi connectivity index (χ0) is 21.8. The van der Waals surface area contributed by atoms with E-state index in [1.807, 2.05) is 0 Å². The first-order valence-electron chi connectivity index (χ1n) is 10.8. The number of aliphatic hydroxyl groups is 1. The maximum absolute atomic E-state index is 12.8. The summed E-state index contributed by atoms with van der Waals surface area (Å²) < 4.78 is 0. The fraction of sp³-hybridized carbons (Fsp3) is 0.478. The quantitative estimate of drug-likeness (QED) is 0.645. The second-order valence-corrected chi connectivity index (χ2v) is 9.68. The van der Waals surface area contributed by atoms with E-state index in [1.54, 1.807) is 18.2 Å². The molecule has 1 amide bonds. The lowest BCUT2D eigenvalue weighted by atomic mass is 9.74. The maximum Gasteiger partial charge on any atom is 0.254 e. The summed E-state index contributed by atoms with van der Waals surface area (Å²) in [4.78, 5) is 19.8. The number of rotatable bonds is 3. The van der Waals surface area contributed by atoms with Crippen molar-refractivity contribution >= 4 is 34.8 Å². The number of aromatic nitrogens is 1. The number of aliphatic hydroxyl groups excluding tert-OH is 1. The maximum atomic E-state index is 12.8. The average molecular weight is 461 g/mol. The topological polar surface area (TPSA) is 91.5 Å². The van der Waals surface area contributed by atoms with Crippen LogP contribution in [0.25, 0.3) is 11.3 Å². The van der Waals surface area contributed by atoms with Gasteiger partial charge in [0, 0.05) is 36.8 Å². The number of nitrogens with two attached hydrogens (primary N) is 1. The highest BCUT2D eigenvalue weighted by Gasteiger charge is 2.44. The monoisotopic (exact) mass is 460 g/mol. The number of amides is 1. The highest BCUT2D eigenvalue weighted by atomic mass is 35.5. The summed E-state index contributed by atoms with van der Waals surface area (Å²) in [5.74, 6) is -0.175. The Kier molecular flexibility index (Phi) is 5.37. The number of piperidine rings is 1. The number of fused-ring (bicyclic) bond motifs is 1. The fourth-order valence-electron chi connectivity index (χ4n) is 5.68. The van der Waals surface area contributed by atoms with Gasteiger partial charge in [0.1, 0.15) is 0 Å². The van der Waals surface area contributed by atoms with Gasteiger partial charge in [0.05, 0.1) is 39.3 Å². The molecular weight excluding hydrogens is 435 g/mol. The molecule has 0 bridgehead atoms. The largest absolute Gasteiger partial charge is 0.390 e. The SMILES string of the molecule is N[C@@H]1CCCC12CCN(c1c(CO)nc(-c3cccc(Cl)c3Cl)c3c1CNC3=O)CC2. The van der Waals surface area contributed by atoms with Gasteiger partial charge in [-0.15, -0.1) is 0 Å². The van der Waals surface area contributed by atoms with E-state index in [1.165, 1.54) is 12.8 Å². The molecule has 1 aromatic carbocycles. The Morgan fingerprint density at radius 1 is 1.26 bits per heavy atom. The lowest BCUT2D eigenvalue weighted by Gasteiger charge is -2.43. The molecule has 1 atom stereocenters. The number of benzene rings is 1. The van der Waals surface area contributed by atoms with Gasteiger partial charge in [-0.05, 0) is 37.2 Å². The molecule has 2 aliphatic heterocycles. The zero-order valence-electron chi connectivity index (χ0n) is 17.3. The van der Waals surface area contributed by atoms with Crippen LogP contribution in [0, 0.1) is 5.41 Å². The van der Waals surface area contributed by atoms with E-state index >= 15 is 0 Å². The molecule has 4 N–H and O–H groups in total. The lowest BCUT2D eigenvalue weighted by molar-refractivity contribution is 0.0966. The molecule has 5 rings (SSSR count). The number of nitrogens with zero attached hydrogens (tertiary/aromatic N) is 2. The Bertz CT molecular complexity index is 1050. The summed E-state index contributed by atoms with van der Waals surface area (Å²) in [5.41, 5.74) is 10.6. The van der Waals surface area contributed by atoms with Gasteiger partial charge in [0.15, 0.2) is 0 Å². The van der Waals surface area contributed by atoms with E-state index in [-0.39, 0.29) is 24.0 Å². The molecule has 6 nitrogen and oxygen atoms in total. The van der Waals surface area contributed by atoms with Gasteiger partial charge in [0.25, 0.3) is 5.91 Å². The molecule has 1 aromatic heterocycles. The van der Waals surface area contributed by atoms with Crippen molar-refractivity contribution in [3.63, 3.8) is 0 Å². The summed E-state index contributed by atoms with van der Waals surface area (Å²) in [5, 5.41) is 13.9. The molecule has 0 radical (unpaired) electrons. The van der Waals surface area contributed by atoms with Gasteiger partial charge in [0.2, 0.25) is 0 Å². The number of nitrogens with one attached hydrogen (secondary N) is 1. The average Bonchev–Trinajstić information content (AvgIpc) is 3.33. The summed E-state index contributed by atoms with van der Waals surface area (Å²) >= 11 is 12.7. The van der Waals surface area contributed by atoms with Gasteiger partial charge < -0.3 is 21.1 Å². The normalized spacial score (nSPS) is 22.1. The predicted molar refractivity (Wildman–Crippen MR) is 122 cm³/mol. The number of carbonyl (C=O) groups is 1. The summed E-state index contributed by atoms with van der Waals surface area (Å²) in [6.07, 6.45) is 5.55. The Hall–Kier alpha value is -1.86. The second kappa shape index (κ2) is 7.93. The molecule has 1 aliphatic carbocycles. The third-order valence-electron chi connectivity index (χ3n) is 7.41. The molecule has 3 aliphatic rings. The van der Waals surface area contributed by atoms with Gasteiger partial charge >= 0.3 is 0 Å². The van der Waals surface area contributed by atoms with E-state index in [2.05, 4.69) is 10.2 Å². The highest BCUT2D eigenvalue weighted by molar-refractivity contribution is 6.43. The lowest BCUT2D eigenvalue weighted by Crippen LogP contribution is -2.47. The van der Waals surface area contributed by atoms with Gasteiger partial charge in [-0.25, -0.2) is 4.98 Å². The van der Waals surface area contributed by atoms with Crippen LogP contribution in [0.3, 0.4) is 0 Å². The van der Waals surface area contributed by atoms with Gasteiger partial charge in [-0.1, -0.05) is 41.8 Å². The van der Waals surface area contributed by atoms with Crippen molar-refractivity contribution < 1.29 is 9.90 Å². The van der Waals surface area contributed by atoms with Crippen molar-refractivity contribution in [3.05, 3.63) is 45.1 Å². The van der Waals surface area contributed by atoms with Crippen LogP contribution in [-0.2, 0) is 13.2 Å². The second-order valence-electron chi connectivity index (χ2n) is 8.90. The number of carbonyl (C=O) groups excluding carboxylic acids is 1. The molecule has 164 valence electrons. The molecule has 31 heavy (non-hydrogen) atoms. The third kappa shape index (κ3) is 3.32. The van der Waals surface area contributed by atoms with E-state index in [0.29, 0.717) is 39.1 Å². The molecule has 3 heterocycles. The van der Waals surface area contributed by atoms with E-state index in [4.69, 9.17) is 33.9 Å². The van der Waals surface area contributed by atoms with Crippen molar-refractivity contribution in [3.8, 4) is 11.3 Å². The summed E-state index contributed by atoms with van der Waals surface area (Å²) in [7, 11) is 0. The number of hydrogen-bond donors (Lipinski definition) is 3. The van der Waals surface area contributed by atoms with Crippen LogP contribution in [0.4, 0.5) is 5.69 Å². The molecule has 1 spiro atoms. The predicted octanol–water partition coefficient (Wildman–Crippen LogP) is 3.89. The van der Waals surface area contributed by atoms with E-state index in [0.717, 1.165) is 43.6 Å². The Morgan fingerprint density at radius 3 is 2.71 bits per heavy atom. The molecule has 1 saturated carbocycles. The van der Waals surface area contributed by atoms with Crippen LogP contribution in [0.15, 0.2) is 18.2 Å². The fourth-order valence-corrected chi connectivity index (χ4v) is 6.07. The molecule has 0 unspecified atom stereocenters. The van der Waals surface area contributed by atoms with E-state index in [9.17, 15) is 9.90 Å². The zero-order valence-corrected chi connectivity index (χ0v) is 18.8. The standard InChI is InChI=1S/C23H26Cl2N4O2/c24-15-4-1-3-13(19(15)25)20-18-14(11-27-22(18)31)21(16(12-30)28-20)29-9-7-23(8-10-29)6-2-5-17(23)26/h1,3-4,17,30H,2,5-12,26H2,(H,27,31)/t17-/m1/s1. The van der Waals surface area contributed by atoms with Crippen LogP contribution >= 0.6 is 23.2 Å². The first kappa shape index (κ1) is 21.0. The van der Waals surface area contributed by atoms with Crippen molar-refractivity contribution in [2.24, 2.45) is 11.1 Å². The van der Waals surface area contributed by atoms with Crippen LogP contribution in [0.2, 0.25) is 10.0 Å². The minimum atomic E-state index is -0.219. The van der Waals surface area contributed by atoms with Crippen LogP contribution in [0.1, 0.15) is 53.7 Å². The Labute approximate surface area is 191 Å². The first-order chi connectivity index (χ1) is 14.9. The minimum Gasteiger partial charge on any atom is -0.390 e. The molecule has 2 aromatic rings. The third-order valence-corrected chi connectivity index (χ3v) is 8.22. The molecule has 8 heteroatoms. The number of halogens is 2. The van der Waals surface area contributed by atoms with Gasteiger partial charge in [-0.2, -0.15) is 0 Å². The van der Waals surface area contributed by atoms with Crippen molar-refractivity contribution in [1.82, 2.24) is 10.3 Å². The Balaban J connectivity index is 1.59. The molecule has 2 fully saturated rings. The summed E-state index contributed by atoms with van der Waals surface area (Å²) in [6, 6.07) is 5.56. The smallest absolute Gasteiger partial charge is 0.254 e. The summed E-state index contributed by atoms with van der Waals surface area (Å²) in [6.45, 7) is 1.88. The first-order valence-corrected chi connectivity index (χ1v) is 11.6.